The fraction of sp³-hybridized carbons (Fsp3) is 0.167. The van der Waals surface area contributed by atoms with Crippen LogP contribution >= 0.6 is 0 Å². The molecule has 2 aromatic rings. The summed E-state index contributed by atoms with van der Waals surface area (Å²) in [7, 11) is 0. The van der Waals surface area contributed by atoms with Crippen LogP contribution in [0.5, 0.6) is 0 Å². The summed E-state index contributed by atoms with van der Waals surface area (Å²) in [6.45, 7) is 3.08. The zero-order valence-corrected chi connectivity index (χ0v) is 10.3. The van der Waals surface area contributed by atoms with Crippen LogP contribution in [0.3, 0.4) is 0 Å². The highest BCUT2D eigenvalue weighted by Gasteiger charge is 2.23. The van der Waals surface area contributed by atoms with Crippen molar-refractivity contribution in [3.05, 3.63) is 56.8 Å². The summed E-state index contributed by atoms with van der Waals surface area (Å²) in [6, 6.07) is 3.66. The Morgan fingerprint density at radius 1 is 1.37 bits per heavy atom. The van der Waals surface area contributed by atoms with E-state index in [1.54, 1.807) is 6.92 Å². The van der Waals surface area contributed by atoms with Gasteiger partial charge in [-0.05, 0) is 26.0 Å². The summed E-state index contributed by atoms with van der Waals surface area (Å²) in [5, 5.41) is 22.6. The molecule has 0 bridgehead atoms. The molecule has 2 aromatic heterocycles. The third kappa shape index (κ3) is 2.35. The first-order chi connectivity index (χ1) is 8.90. The number of hydrogen-bond acceptors (Lipinski definition) is 4. The molecule has 0 atom stereocenters. The number of aromatic nitrogens is 2. The molecule has 0 saturated carbocycles. The fourth-order valence-corrected chi connectivity index (χ4v) is 1.71. The number of rotatable bonds is 2. The van der Waals surface area contributed by atoms with Crippen molar-refractivity contribution in [3.8, 4) is 11.4 Å². The maximum atomic E-state index is 13.7. The van der Waals surface area contributed by atoms with Crippen LogP contribution in [-0.4, -0.2) is 9.91 Å². The van der Waals surface area contributed by atoms with Crippen LogP contribution in [0.15, 0.2) is 24.4 Å². The molecule has 0 radical (unpaired) electrons. The van der Waals surface area contributed by atoms with Gasteiger partial charge in [-0.1, -0.05) is 0 Å². The SMILES string of the molecule is Cc1ccc(F)c(-c2cc([N+](=O)[O-])c(C)c[n+]2[O-])n1. The van der Waals surface area contributed by atoms with Crippen molar-refractivity contribution in [2.45, 2.75) is 13.8 Å². The normalized spacial score (nSPS) is 10.5. The van der Waals surface area contributed by atoms with Crippen LogP contribution in [0.1, 0.15) is 11.3 Å². The molecule has 0 aliphatic rings. The molecule has 0 aliphatic heterocycles. The summed E-state index contributed by atoms with van der Waals surface area (Å²) < 4.78 is 14.1. The Kier molecular flexibility index (Phi) is 3.12. The van der Waals surface area contributed by atoms with Gasteiger partial charge in [-0.3, -0.25) is 10.1 Å². The molecule has 2 heterocycles. The van der Waals surface area contributed by atoms with Gasteiger partial charge in [-0.25, -0.2) is 9.37 Å². The lowest BCUT2D eigenvalue weighted by atomic mass is 10.1. The molecule has 0 aliphatic carbocycles. The third-order valence-electron chi connectivity index (χ3n) is 2.65. The van der Waals surface area contributed by atoms with Crippen LogP contribution in [-0.2, 0) is 0 Å². The Morgan fingerprint density at radius 2 is 2.05 bits per heavy atom. The van der Waals surface area contributed by atoms with E-state index in [1.807, 2.05) is 0 Å². The van der Waals surface area contributed by atoms with E-state index < -0.39 is 10.7 Å². The molecule has 0 fully saturated rings. The van der Waals surface area contributed by atoms with Crippen molar-refractivity contribution < 1.29 is 14.0 Å². The van der Waals surface area contributed by atoms with Crippen LogP contribution in [0.25, 0.3) is 11.4 Å². The zero-order valence-electron chi connectivity index (χ0n) is 10.3. The second kappa shape index (κ2) is 4.60. The van der Waals surface area contributed by atoms with Gasteiger partial charge in [0, 0.05) is 5.69 Å². The van der Waals surface area contributed by atoms with Gasteiger partial charge in [0.25, 0.3) is 11.4 Å². The van der Waals surface area contributed by atoms with Crippen molar-refractivity contribution in [1.82, 2.24) is 4.98 Å². The predicted molar refractivity (Wildman–Crippen MR) is 64.7 cm³/mol. The summed E-state index contributed by atoms with van der Waals surface area (Å²) in [5.74, 6) is -0.701. The molecule has 19 heavy (non-hydrogen) atoms. The van der Waals surface area contributed by atoms with Gasteiger partial charge in [0.05, 0.1) is 16.6 Å². The summed E-state index contributed by atoms with van der Waals surface area (Å²) in [5.41, 5.74) is 0.0952. The van der Waals surface area contributed by atoms with Crippen LogP contribution in [0, 0.1) is 35.0 Å². The van der Waals surface area contributed by atoms with Crippen LogP contribution in [0.2, 0.25) is 0 Å². The number of nitrogens with zero attached hydrogens (tertiary/aromatic N) is 3. The van der Waals surface area contributed by atoms with E-state index >= 15 is 0 Å². The van der Waals surface area contributed by atoms with E-state index in [4.69, 9.17) is 0 Å². The molecule has 0 spiro atoms. The van der Waals surface area contributed by atoms with Crippen molar-refractivity contribution in [3.63, 3.8) is 0 Å². The number of hydrogen-bond donors (Lipinski definition) is 0. The second-order valence-electron chi connectivity index (χ2n) is 4.09. The maximum Gasteiger partial charge on any atom is 0.285 e. The Morgan fingerprint density at radius 3 is 2.68 bits per heavy atom. The monoisotopic (exact) mass is 263 g/mol. The van der Waals surface area contributed by atoms with E-state index in [0.29, 0.717) is 10.4 Å². The number of halogens is 1. The zero-order chi connectivity index (χ0) is 14.2. The topological polar surface area (TPSA) is 83.0 Å². The lowest BCUT2D eigenvalue weighted by Crippen LogP contribution is -2.30. The highest BCUT2D eigenvalue weighted by Crippen LogP contribution is 2.24. The second-order valence-corrected chi connectivity index (χ2v) is 4.09. The first-order valence-corrected chi connectivity index (χ1v) is 5.42. The van der Waals surface area contributed by atoms with Gasteiger partial charge in [-0.15, -0.1) is 0 Å². The van der Waals surface area contributed by atoms with Crippen molar-refractivity contribution >= 4 is 5.69 Å². The quantitative estimate of drug-likeness (QED) is 0.359. The van der Waals surface area contributed by atoms with Gasteiger partial charge in [0.2, 0.25) is 0 Å². The Hall–Kier alpha value is -2.57. The van der Waals surface area contributed by atoms with E-state index in [9.17, 15) is 19.7 Å². The molecule has 98 valence electrons. The minimum Gasteiger partial charge on any atom is -0.618 e. The highest BCUT2D eigenvalue weighted by molar-refractivity contribution is 5.57. The lowest BCUT2D eigenvalue weighted by molar-refractivity contribution is -0.595. The number of aryl methyl sites for hydroxylation is 2. The minimum atomic E-state index is -0.701. The van der Waals surface area contributed by atoms with Gasteiger partial charge in [0.15, 0.2) is 17.7 Å². The third-order valence-corrected chi connectivity index (χ3v) is 2.65. The van der Waals surface area contributed by atoms with E-state index in [1.165, 1.54) is 19.1 Å². The maximum absolute atomic E-state index is 13.7. The Balaban J connectivity index is 2.71. The fourth-order valence-electron chi connectivity index (χ4n) is 1.71. The van der Waals surface area contributed by atoms with Crippen LogP contribution < -0.4 is 4.73 Å². The number of pyridine rings is 2. The van der Waals surface area contributed by atoms with Crippen molar-refractivity contribution in [2.24, 2.45) is 0 Å². The lowest BCUT2D eigenvalue weighted by Gasteiger charge is -2.06. The molecular weight excluding hydrogens is 253 g/mol. The van der Waals surface area contributed by atoms with Crippen molar-refractivity contribution in [1.29, 1.82) is 0 Å². The summed E-state index contributed by atoms with van der Waals surface area (Å²) >= 11 is 0. The van der Waals surface area contributed by atoms with E-state index in [0.717, 1.165) is 12.3 Å². The van der Waals surface area contributed by atoms with Crippen molar-refractivity contribution in [2.75, 3.05) is 0 Å². The summed E-state index contributed by atoms with van der Waals surface area (Å²) in [6.07, 6.45) is 1.04. The predicted octanol–water partition coefficient (Wildman–Crippen LogP) is 2.05. The molecule has 0 N–H and O–H groups in total. The van der Waals surface area contributed by atoms with E-state index in [-0.39, 0.29) is 22.6 Å². The first-order valence-electron chi connectivity index (χ1n) is 5.42. The minimum absolute atomic E-state index is 0.182. The number of nitro groups is 1. The average molecular weight is 263 g/mol. The van der Waals surface area contributed by atoms with Gasteiger partial charge >= 0.3 is 0 Å². The largest absolute Gasteiger partial charge is 0.618 e. The highest BCUT2D eigenvalue weighted by atomic mass is 19.1. The molecule has 0 amide bonds. The van der Waals surface area contributed by atoms with Gasteiger partial charge in [0.1, 0.15) is 0 Å². The Labute approximate surface area is 107 Å². The first kappa shape index (κ1) is 12.9. The molecule has 0 saturated heterocycles. The van der Waals surface area contributed by atoms with Gasteiger partial charge < -0.3 is 5.21 Å². The standard InChI is InChI=1S/C12H10FN3O3/c1-7-6-15(17)11(5-10(7)16(18)19)12-9(13)4-3-8(2)14-12/h3-6H,1-2H3. The summed E-state index contributed by atoms with van der Waals surface area (Å²) in [4.78, 5) is 14.1. The smallest absolute Gasteiger partial charge is 0.285 e. The molecule has 2 rings (SSSR count). The van der Waals surface area contributed by atoms with Crippen LogP contribution in [0.4, 0.5) is 10.1 Å². The molecule has 0 unspecified atom stereocenters. The molecule has 7 heteroatoms. The van der Waals surface area contributed by atoms with Gasteiger partial charge in [-0.2, -0.15) is 4.73 Å². The average Bonchev–Trinajstić information content (AvgIpc) is 2.32. The molecule has 0 aromatic carbocycles. The molecular formula is C12H10FN3O3. The Bertz CT molecular complexity index is 674. The molecule has 6 nitrogen and oxygen atoms in total. The van der Waals surface area contributed by atoms with E-state index in [2.05, 4.69) is 4.98 Å².